The number of aliphatic hydroxyl groups is 1. The molecule has 0 aliphatic rings. The molecule has 0 aliphatic carbocycles. The Bertz CT molecular complexity index is 551. The molecule has 0 heterocycles. The van der Waals surface area contributed by atoms with E-state index in [1.54, 1.807) is 31.2 Å². The Labute approximate surface area is 136 Å². The Morgan fingerprint density at radius 2 is 1.74 bits per heavy atom. The second-order valence-corrected chi connectivity index (χ2v) is 5.25. The van der Waals surface area contributed by atoms with E-state index in [0.717, 1.165) is 5.69 Å². The van der Waals surface area contributed by atoms with Crippen molar-refractivity contribution in [2.45, 2.75) is 19.4 Å². The van der Waals surface area contributed by atoms with Gasteiger partial charge in [0.1, 0.15) is 19.3 Å². The maximum absolute atomic E-state index is 11.9. The molecule has 0 saturated heterocycles. The molecule has 1 N–H and O–H groups in total. The van der Waals surface area contributed by atoms with Gasteiger partial charge in [-0.1, -0.05) is 13.5 Å². The number of nitrogens with zero attached hydrogens (tertiary/aromatic N) is 1. The number of hydrogen-bond donors (Lipinski definition) is 1. The highest BCUT2D eigenvalue weighted by molar-refractivity contribution is 5.90. The van der Waals surface area contributed by atoms with Gasteiger partial charge in [0.2, 0.25) is 0 Å². The molecule has 0 radical (unpaired) electrons. The van der Waals surface area contributed by atoms with Gasteiger partial charge in [-0.3, -0.25) is 0 Å². The minimum Gasteiger partial charge on any atom is -0.459 e. The van der Waals surface area contributed by atoms with Gasteiger partial charge in [0, 0.05) is 25.4 Å². The topological polar surface area (TPSA) is 76.1 Å². The minimum absolute atomic E-state index is 0.245. The molecule has 1 unspecified atom stereocenters. The molecule has 6 heteroatoms. The molecule has 6 nitrogen and oxygen atoms in total. The average molecular weight is 321 g/mol. The normalized spacial score (nSPS) is 11.5. The second kappa shape index (κ2) is 8.95. The van der Waals surface area contributed by atoms with Crippen LogP contribution in [0.4, 0.5) is 5.69 Å². The summed E-state index contributed by atoms with van der Waals surface area (Å²) in [7, 11) is 3.80. The lowest BCUT2D eigenvalue weighted by molar-refractivity contribution is -0.142. The third-order valence-electron chi connectivity index (χ3n) is 3.15. The number of aliphatic hydroxyl groups excluding tert-OH is 1. The molecule has 0 saturated carbocycles. The van der Waals surface area contributed by atoms with E-state index in [-0.39, 0.29) is 13.2 Å². The van der Waals surface area contributed by atoms with Crippen LogP contribution in [0.15, 0.2) is 36.4 Å². The van der Waals surface area contributed by atoms with E-state index < -0.39 is 18.0 Å². The number of rotatable bonds is 8. The van der Waals surface area contributed by atoms with E-state index >= 15 is 0 Å². The van der Waals surface area contributed by atoms with Gasteiger partial charge < -0.3 is 19.5 Å². The van der Waals surface area contributed by atoms with Gasteiger partial charge in [0.25, 0.3) is 0 Å². The van der Waals surface area contributed by atoms with Crippen molar-refractivity contribution >= 4 is 17.6 Å². The molecule has 0 aliphatic heterocycles. The van der Waals surface area contributed by atoms with Crippen molar-refractivity contribution in [3.05, 3.63) is 42.0 Å². The first-order valence-corrected chi connectivity index (χ1v) is 7.32. The summed E-state index contributed by atoms with van der Waals surface area (Å²) in [5.74, 6) is -1.10. The fourth-order valence-corrected chi connectivity index (χ4v) is 1.62. The van der Waals surface area contributed by atoms with Crippen molar-refractivity contribution in [2.24, 2.45) is 0 Å². The summed E-state index contributed by atoms with van der Waals surface area (Å²) >= 11 is 0. The zero-order chi connectivity index (χ0) is 17.4. The predicted molar refractivity (Wildman–Crippen MR) is 87.4 cm³/mol. The van der Waals surface area contributed by atoms with Crippen LogP contribution in [-0.4, -0.2) is 50.5 Å². The monoisotopic (exact) mass is 321 g/mol. The quantitative estimate of drug-likeness (QED) is 0.581. The van der Waals surface area contributed by atoms with Gasteiger partial charge in [-0.25, -0.2) is 9.59 Å². The number of anilines is 1. The van der Waals surface area contributed by atoms with Gasteiger partial charge in [0.05, 0.1) is 5.56 Å². The van der Waals surface area contributed by atoms with Gasteiger partial charge in [-0.15, -0.1) is 0 Å². The van der Waals surface area contributed by atoms with Gasteiger partial charge in [-0.05, 0) is 30.7 Å². The molecule has 23 heavy (non-hydrogen) atoms. The summed E-state index contributed by atoms with van der Waals surface area (Å²) in [4.78, 5) is 25.1. The first kappa shape index (κ1) is 18.7. The van der Waals surface area contributed by atoms with Crippen molar-refractivity contribution in [3.8, 4) is 0 Å². The average Bonchev–Trinajstić information content (AvgIpc) is 2.56. The number of esters is 2. The lowest BCUT2D eigenvalue weighted by Gasteiger charge is -2.14. The van der Waals surface area contributed by atoms with Crippen LogP contribution >= 0.6 is 0 Å². The molecule has 1 atom stereocenters. The lowest BCUT2D eigenvalue weighted by atomic mass is 10.2. The summed E-state index contributed by atoms with van der Waals surface area (Å²) in [5, 5.41) is 9.67. The van der Waals surface area contributed by atoms with Gasteiger partial charge in [-0.2, -0.15) is 0 Å². The molecule has 0 aromatic heterocycles. The highest BCUT2D eigenvalue weighted by Gasteiger charge is 2.14. The molecule has 1 rings (SSSR count). The molecule has 1 aromatic carbocycles. The third kappa shape index (κ3) is 6.12. The molecule has 0 bridgehead atoms. The predicted octanol–water partition coefficient (Wildman–Crippen LogP) is 1.78. The number of benzene rings is 1. The highest BCUT2D eigenvalue weighted by Crippen LogP contribution is 2.13. The Balaban J connectivity index is 2.40. The molecule has 1 aromatic rings. The molecular formula is C17H23NO5. The third-order valence-corrected chi connectivity index (χ3v) is 3.15. The summed E-state index contributed by atoms with van der Waals surface area (Å²) in [6, 6.07) is 6.89. The Morgan fingerprint density at radius 1 is 1.17 bits per heavy atom. The molecule has 0 spiro atoms. The lowest BCUT2D eigenvalue weighted by Crippen LogP contribution is -2.25. The van der Waals surface area contributed by atoms with E-state index in [1.165, 1.54) is 0 Å². The van der Waals surface area contributed by atoms with Crippen LogP contribution in [0.3, 0.4) is 0 Å². The van der Waals surface area contributed by atoms with Crippen molar-refractivity contribution < 1.29 is 24.2 Å². The molecule has 126 valence electrons. The van der Waals surface area contributed by atoms with Gasteiger partial charge >= 0.3 is 11.9 Å². The summed E-state index contributed by atoms with van der Waals surface area (Å²) in [6.07, 6.45) is -0.596. The minimum atomic E-state index is -1.08. The Kier molecular flexibility index (Phi) is 7.28. The fraction of sp³-hybridized carbons (Fsp3) is 0.412. The fourth-order valence-electron chi connectivity index (χ4n) is 1.62. The number of carbonyl (C=O) groups excluding carboxylic acids is 2. The maximum atomic E-state index is 11.9. The zero-order valence-electron chi connectivity index (χ0n) is 13.7. The largest absolute Gasteiger partial charge is 0.459 e. The summed E-state index contributed by atoms with van der Waals surface area (Å²) in [5.41, 5.74) is 1.68. The Hall–Kier alpha value is -2.34. The second-order valence-electron chi connectivity index (χ2n) is 5.25. The van der Waals surface area contributed by atoms with Crippen LogP contribution in [0.2, 0.25) is 0 Å². The van der Waals surface area contributed by atoms with E-state index in [4.69, 9.17) is 9.47 Å². The van der Waals surface area contributed by atoms with E-state index in [2.05, 4.69) is 6.58 Å². The van der Waals surface area contributed by atoms with Crippen molar-refractivity contribution in [1.29, 1.82) is 0 Å². The molecular weight excluding hydrogens is 298 g/mol. The standard InChI is InChI=1S/C17H23NO5/c1-5-12(2)16(20)22-10-15(19)11-23-17(21)13-6-8-14(9-7-13)18(3)4/h6-9,15,19H,2,5,10-11H2,1,3-4H3. The van der Waals surface area contributed by atoms with E-state index in [1.807, 2.05) is 19.0 Å². The van der Waals surface area contributed by atoms with Crippen LogP contribution < -0.4 is 4.90 Å². The molecule has 0 fully saturated rings. The zero-order valence-corrected chi connectivity index (χ0v) is 13.7. The van der Waals surface area contributed by atoms with Gasteiger partial charge in [0.15, 0.2) is 0 Å². The van der Waals surface area contributed by atoms with E-state index in [0.29, 0.717) is 17.6 Å². The van der Waals surface area contributed by atoms with Crippen LogP contribution in [-0.2, 0) is 14.3 Å². The summed E-state index contributed by atoms with van der Waals surface area (Å²) < 4.78 is 9.84. The van der Waals surface area contributed by atoms with Crippen LogP contribution in [0, 0.1) is 0 Å². The van der Waals surface area contributed by atoms with Crippen molar-refractivity contribution in [3.63, 3.8) is 0 Å². The maximum Gasteiger partial charge on any atom is 0.338 e. The number of ether oxygens (including phenoxy) is 2. The number of carbonyl (C=O) groups is 2. The van der Waals surface area contributed by atoms with Crippen molar-refractivity contribution in [1.82, 2.24) is 0 Å². The smallest absolute Gasteiger partial charge is 0.338 e. The van der Waals surface area contributed by atoms with E-state index in [9.17, 15) is 14.7 Å². The van der Waals surface area contributed by atoms with Crippen LogP contribution in [0.5, 0.6) is 0 Å². The van der Waals surface area contributed by atoms with Crippen molar-refractivity contribution in [2.75, 3.05) is 32.2 Å². The number of hydrogen-bond acceptors (Lipinski definition) is 6. The highest BCUT2D eigenvalue weighted by atomic mass is 16.6. The van der Waals surface area contributed by atoms with Crippen LogP contribution in [0.25, 0.3) is 0 Å². The SMILES string of the molecule is C=C(CC)C(=O)OCC(O)COC(=O)c1ccc(N(C)C)cc1. The summed E-state index contributed by atoms with van der Waals surface area (Å²) in [6.45, 7) is 4.83. The first-order chi connectivity index (χ1) is 10.8. The molecule has 0 amide bonds. The first-order valence-electron chi connectivity index (χ1n) is 7.32. The van der Waals surface area contributed by atoms with Crippen LogP contribution in [0.1, 0.15) is 23.7 Å². The Morgan fingerprint density at radius 3 is 2.26 bits per heavy atom.